The standard InChI is InChI=1S/C14H19NO5S2/c1-14(2,3)11(16)8-20-13(17)12-10(6-7-21-12)22(18,19)15-9-4-5-9/h6-7,9,15H,4-5,8H2,1-3H3. The van der Waals surface area contributed by atoms with Crippen LogP contribution in [0.2, 0.25) is 0 Å². The van der Waals surface area contributed by atoms with Gasteiger partial charge in [-0.1, -0.05) is 20.8 Å². The molecule has 0 aromatic carbocycles. The van der Waals surface area contributed by atoms with Gasteiger partial charge in [-0.25, -0.2) is 17.9 Å². The van der Waals surface area contributed by atoms with Gasteiger partial charge in [0.05, 0.1) is 0 Å². The van der Waals surface area contributed by atoms with E-state index in [-0.39, 0.29) is 28.2 Å². The third-order valence-corrected chi connectivity index (χ3v) is 5.76. The molecule has 0 amide bonds. The smallest absolute Gasteiger partial charge is 0.350 e. The SMILES string of the molecule is CC(C)(C)C(=O)COC(=O)c1sccc1S(=O)(=O)NC1CC1. The molecule has 1 heterocycles. The molecule has 0 atom stereocenters. The number of ether oxygens (including phenoxy) is 1. The molecule has 1 aromatic rings. The van der Waals surface area contributed by atoms with Crippen molar-refractivity contribution >= 4 is 33.1 Å². The van der Waals surface area contributed by atoms with Crippen LogP contribution in [0.15, 0.2) is 16.3 Å². The van der Waals surface area contributed by atoms with E-state index in [0.29, 0.717) is 0 Å². The summed E-state index contributed by atoms with van der Waals surface area (Å²) in [4.78, 5) is 23.7. The Morgan fingerprint density at radius 1 is 1.36 bits per heavy atom. The van der Waals surface area contributed by atoms with Gasteiger partial charge < -0.3 is 4.74 Å². The van der Waals surface area contributed by atoms with Gasteiger partial charge >= 0.3 is 5.97 Å². The number of carbonyl (C=O) groups excluding carboxylic acids is 2. The summed E-state index contributed by atoms with van der Waals surface area (Å²) < 4.78 is 31.9. The number of thiophene rings is 1. The van der Waals surface area contributed by atoms with E-state index >= 15 is 0 Å². The molecule has 2 rings (SSSR count). The van der Waals surface area contributed by atoms with Crippen LogP contribution in [0.3, 0.4) is 0 Å². The Balaban J connectivity index is 2.08. The molecule has 0 spiro atoms. The third-order valence-electron chi connectivity index (χ3n) is 3.17. The van der Waals surface area contributed by atoms with Gasteiger partial charge in [0.2, 0.25) is 10.0 Å². The van der Waals surface area contributed by atoms with Crippen LogP contribution < -0.4 is 4.72 Å². The number of sulfonamides is 1. The van der Waals surface area contributed by atoms with Crippen molar-refractivity contribution in [1.29, 1.82) is 0 Å². The first kappa shape index (κ1) is 17.1. The Kier molecular flexibility index (Phi) is 4.74. The maximum atomic E-state index is 12.2. The van der Waals surface area contributed by atoms with Crippen molar-refractivity contribution < 1.29 is 22.7 Å². The van der Waals surface area contributed by atoms with E-state index in [1.165, 1.54) is 11.4 Å². The second-order valence-electron chi connectivity index (χ2n) is 6.26. The molecule has 1 saturated carbocycles. The minimum absolute atomic E-state index is 0.00476. The highest BCUT2D eigenvalue weighted by Crippen LogP contribution is 2.27. The Morgan fingerprint density at radius 3 is 2.55 bits per heavy atom. The lowest BCUT2D eigenvalue weighted by molar-refractivity contribution is -0.129. The first-order chi connectivity index (χ1) is 10.1. The average Bonchev–Trinajstić information content (AvgIpc) is 3.05. The number of Topliss-reactive ketones (excluding diaryl/α,β-unsaturated/α-hetero) is 1. The van der Waals surface area contributed by atoms with Crippen molar-refractivity contribution in [1.82, 2.24) is 4.72 Å². The van der Waals surface area contributed by atoms with E-state index in [1.807, 2.05) is 0 Å². The van der Waals surface area contributed by atoms with Crippen molar-refractivity contribution in [3.05, 3.63) is 16.3 Å². The van der Waals surface area contributed by atoms with Crippen LogP contribution in [-0.4, -0.2) is 32.8 Å². The van der Waals surface area contributed by atoms with Crippen LogP contribution in [-0.2, 0) is 19.6 Å². The summed E-state index contributed by atoms with van der Waals surface area (Å²) in [6.07, 6.45) is 1.62. The summed E-state index contributed by atoms with van der Waals surface area (Å²) >= 11 is 0.986. The quantitative estimate of drug-likeness (QED) is 0.796. The predicted octanol–water partition coefficient (Wildman–Crippen LogP) is 1.96. The summed E-state index contributed by atoms with van der Waals surface area (Å²) in [5, 5.41) is 1.52. The zero-order valence-electron chi connectivity index (χ0n) is 12.7. The van der Waals surface area contributed by atoms with E-state index in [9.17, 15) is 18.0 Å². The molecule has 8 heteroatoms. The van der Waals surface area contributed by atoms with Crippen molar-refractivity contribution in [2.45, 2.75) is 44.6 Å². The molecule has 6 nitrogen and oxygen atoms in total. The summed E-state index contributed by atoms with van der Waals surface area (Å²) in [7, 11) is -3.72. The van der Waals surface area contributed by atoms with E-state index in [2.05, 4.69) is 4.72 Å². The largest absolute Gasteiger partial charge is 0.453 e. The lowest BCUT2D eigenvalue weighted by atomic mass is 9.91. The zero-order chi connectivity index (χ0) is 16.5. The van der Waals surface area contributed by atoms with Gasteiger partial charge in [0.1, 0.15) is 9.77 Å². The van der Waals surface area contributed by atoms with E-state index in [4.69, 9.17) is 4.74 Å². The highest BCUT2D eigenvalue weighted by Gasteiger charge is 2.32. The number of hydrogen-bond acceptors (Lipinski definition) is 6. The number of esters is 1. The van der Waals surface area contributed by atoms with Gasteiger partial charge in [-0.3, -0.25) is 4.79 Å². The molecular formula is C14H19NO5S2. The molecule has 0 aliphatic heterocycles. The topological polar surface area (TPSA) is 89.5 Å². The van der Waals surface area contributed by atoms with Crippen LogP contribution in [0.25, 0.3) is 0 Å². The van der Waals surface area contributed by atoms with Gasteiger partial charge in [-0.05, 0) is 24.3 Å². The van der Waals surface area contributed by atoms with E-state index in [0.717, 1.165) is 24.2 Å². The molecule has 22 heavy (non-hydrogen) atoms. The fourth-order valence-corrected chi connectivity index (χ4v) is 4.17. The predicted molar refractivity (Wildman–Crippen MR) is 82.4 cm³/mol. The van der Waals surface area contributed by atoms with E-state index < -0.39 is 21.4 Å². The zero-order valence-corrected chi connectivity index (χ0v) is 14.3. The molecule has 0 saturated heterocycles. The van der Waals surface area contributed by atoms with E-state index in [1.54, 1.807) is 20.8 Å². The van der Waals surface area contributed by atoms with Crippen molar-refractivity contribution in [2.75, 3.05) is 6.61 Å². The Hall–Kier alpha value is -1.25. The van der Waals surface area contributed by atoms with Gasteiger partial charge in [-0.15, -0.1) is 11.3 Å². The molecule has 0 unspecified atom stereocenters. The first-order valence-corrected chi connectivity index (χ1v) is 9.28. The summed E-state index contributed by atoms with van der Waals surface area (Å²) in [6, 6.07) is 1.33. The summed E-state index contributed by atoms with van der Waals surface area (Å²) in [5.74, 6) is -1.01. The van der Waals surface area contributed by atoms with Crippen molar-refractivity contribution in [3.8, 4) is 0 Å². The van der Waals surface area contributed by atoms with Gasteiger partial charge in [0, 0.05) is 11.5 Å². The molecule has 1 aromatic heterocycles. The Labute approximate surface area is 133 Å². The van der Waals surface area contributed by atoms with Gasteiger partial charge in [0.25, 0.3) is 0 Å². The van der Waals surface area contributed by atoms with Crippen LogP contribution in [0.4, 0.5) is 0 Å². The van der Waals surface area contributed by atoms with Gasteiger partial charge in [-0.2, -0.15) is 0 Å². The van der Waals surface area contributed by atoms with Crippen LogP contribution in [0.1, 0.15) is 43.3 Å². The number of rotatable bonds is 6. The maximum absolute atomic E-state index is 12.2. The highest BCUT2D eigenvalue weighted by molar-refractivity contribution is 7.89. The lowest BCUT2D eigenvalue weighted by Crippen LogP contribution is -2.28. The second kappa shape index (κ2) is 6.10. The van der Waals surface area contributed by atoms with Crippen LogP contribution >= 0.6 is 11.3 Å². The Bertz CT molecular complexity index is 680. The third kappa shape index (κ3) is 4.15. The maximum Gasteiger partial charge on any atom is 0.350 e. The normalized spacial score (nSPS) is 15.6. The lowest BCUT2D eigenvalue weighted by Gasteiger charge is -2.16. The molecule has 1 fully saturated rings. The highest BCUT2D eigenvalue weighted by atomic mass is 32.2. The molecular weight excluding hydrogens is 326 g/mol. The molecule has 122 valence electrons. The fraction of sp³-hybridized carbons (Fsp3) is 0.571. The summed E-state index contributed by atoms with van der Waals surface area (Å²) in [5.41, 5.74) is -0.613. The number of hydrogen-bond donors (Lipinski definition) is 1. The fourth-order valence-electron chi connectivity index (χ4n) is 1.56. The molecule has 0 bridgehead atoms. The minimum atomic E-state index is -3.72. The number of carbonyl (C=O) groups is 2. The van der Waals surface area contributed by atoms with Crippen molar-refractivity contribution in [3.63, 3.8) is 0 Å². The number of ketones is 1. The molecule has 1 aliphatic carbocycles. The van der Waals surface area contributed by atoms with Crippen LogP contribution in [0.5, 0.6) is 0 Å². The van der Waals surface area contributed by atoms with Crippen molar-refractivity contribution in [2.24, 2.45) is 5.41 Å². The Morgan fingerprint density at radius 2 is 2.00 bits per heavy atom. The summed E-state index contributed by atoms with van der Waals surface area (Å²) in [6.45, 7) is 4.81. The first-order valence-electron chi connectivity index (χ1n) is 6.91. The average molecular weight is 345 g/mol. The minimum Gasteiger partial charge on any atom is -0.453 e. The molecule has 1 N–H and O–H groups in total. The monoisotopic (exact) mass is 345 g/mol. The second-order valence-corrected chi connectivity index (χ2v) is 8.86. The molecule has 0 radical (unpaired) electrons. The van der Waals surface area contributed by atoms with Gasteiger partial charge in [0.15, 0.2) is 12.4 Å². The molecule has 1 aliphatic rings. The van der Waals surface area contributed by atoms with Crippen LogP contribution in [0, 0.1) is 5.41 Å². The number of nitrogens with one attached hydrogen (secondary N) is 1.